The van der Waals surface area contributed by atoms with Gasteiger partial charge in [0.2, 0.25) is 0 Å². The van der Waals surface area contributed by atoms with Crippen molar-refractivity contribution in [2.24, 2.45) is 0 Å². The zero-order valence-electron chi connectivity index (χ0n) is 10.7. The molecule has 0 aliphatic carbocycles. The maximum atomic E-state index is 5.30. The molecule has 92 valence electrons. The van der Waals surface area contributed by atoms with Crippen molar-refractivity contribution in [1.29, 1.82) is 0 Å². The Hall–Kier alpha value is -1.96. The molecule has 1 heterocycles. The Morgan fingerprint density at radius 1 is 1.17 bits per heavy atom. The second-order valence-corrected chi connectivity index (χ2v) is 4.79. The topological polar surface area (TPSA) is 21.3 Å². The van der Waals surface area contributed by atoms with Crippen LogP contribution >= 0.6 is 0 Å². The summed E-state index contributed by atoms with van der Waals surface area (Å²) in [6.45, 7) is 2.09. The second kappa shape index (κ2) is 4.37. The zero-order valence-corrected chi connectivity index (χ0v) is 10.7. The first-order valence-corrected chi connectivity index (χ1v) is 6.27. The highest BCUT2D eigenvalue weighted by atomic mass is 16.5. The number of rotatable bonds is 2. The Morgan fingerprint density at radius 3 is 2.72 bits per heavy atom. The van der Waals surface area contributed by atoms with Gasteiger partial charge in [0.15, 0.2) is 0 Å². The van der Waals surface area contributed by atoms with Crippen LogP contribution in [0.15, 0.2) is 42.5 Å². The predicted octanol–water partition coefficient (Wildman–Crippen LogP) is 3.71. The summed E-state index contributed by atoms with van der Waals surface area (Å²) in [5, 5.41) is 3.57. The summed E-state index contributed by atoms with van der Waals surface area (Å²) in [5.74, 6) is 0.953. The Balaban J connectivity index is 1.88. The molecule has 2 nitrogen and oxygen atoms in total. The zero-order chi connectivity index (χ0) is 12.5. The summed E-state index contributed by atoms with van der Waals surface area (Å²) in [7, 11) is 1.71. The van der Waals surface area contributed by atoms with Crippen LogP contribution in [0.25, 0.3) is 0 Å². The van der Waals surface area contributed by atoms with Gasteiger partial charge in [-0.15, -0.1) is 0 Å². The van der Waals surface area contributed by atoms with Crippen molar-refractivity contribution in [1.82, 2.24) is 0 Å². The van der Waals surface area contributed by atoms with Gasteiger partial charge in [-0.1, -0.05) is 30.3 Å². The van der Waals surface area contributed by atoms with E-state index in [-0.39, 0.29) is 0 Å². The molecule has 1 atom stereocenters. The molecule has 2 heteroatoms. The van der Waals surface area contributed by atoms with Gasteiger partial charge >= 0.3 is 0 Å². The van der Waals surface area contributed by atoms with Crippen molar-refractivity contribution >= 4 is 5.69 Å². The first kappa shape index (κ1) is 11.1. The van der Waals surface area contributed by atoms with Crippen molar-refractivity contribution in [2.75, 3.05) is 12.4 Å². The van der Waals surface area contributed by atoms with E-state index in [1.54, 1.807) is 7.11 Å². The maximum Gasteiger partial charge on any atom is 0.121 e. The Bertz CT molecular complexity index is 552. The monoisotopic (exact) mass is 239 g/mol. The Morgan fingerprint density at radius 2 is 2.00 bits per heavy atom. The standard InChI is InChI=1S/C16H17NO/c1-11-9-13(7-8-16(11)18-2)15-10-12-5-3-4-6-14(12)17-15/h3-9,15,17H,10H2,1-2H3. The molecule has 1 unspecified atom stereocenters. The number of methoxy groups -OCH3 is 1. The van der Waals surface area contributed by atoms with E-state index in [0.717, 1.165) is 12.2 Å². The van der Waals surface area contributed by atoms with Gasteiger partial charge in [0, 0.05) is 5.69 Å². The van der Waals surface area contributed by atoms with E-state index in [0.29, 0.717) is 6.04 Å². The van der Waals surface area contributed by atoms with Crippen molar-refractivity contribution in [3.8, 4) is 5.75 Å². The Labute approximate surface area is 108 Å². The molecule has 1 aliphatic heterocycles. The van der Waals surface area contributed by atoms with E-state index < -0.39 is 0 Å². The molecule has 1 N–H and O–H groups in total. The number of nitrogens with one attached hydrogen (secondary N) is 1. The first-order valence-electron chi connectivity index (χ1n) is 6.27. The molecule has 0 fully saturated rings. The third-order valence-corrected chi connectivity index (χ3v) is 3.59. The molecular weight excluding hydrogens is 222 g/mol. The number of benzene rings is 2. The summed E-state index contributed by atoms with van der Waals surface area (Å²) >= 11 is 0. The highest BCUT2D eigenvalue weighted by Gasteiger charge is 2.21. The van der Waals surface area contributed by atoms with Gasteiger partial charge in [0.25, 0.3) is 0 Å². The molecule has 0 bridgehead atoms. The van der Waals surface area contributed by atoms with E-state index in [1.165, 1.54) is 22.4 Å². The molecule has 18 heavy (non-hydrogen) atoms. The van der Waals surface area contributed by atoms with Gasteiger partial charge in [-0.2, -0.15) is 0 Å². The van der Waals surface area contributed by atoms with Crippen LogP contribution in [0.2, 0.25) is 0 Å². The van der Waals surface area contributed by atoms with E-state index in [2.05, 4.69) is 54.7 Å². The number of para-hydroxylation sites is 1. The van der Waals surface area contributed by atoms with Crippen LogP contribution in [-0.4, -0.2) is 7.11 Å². The lowest BCUT2D eigenvalue weighted by Crippen LogP contribution is -2.06. The number of ether oxygens (including phenoxy) is 1. The van der Waals surface area contributed by atoms with Crippen molar-refractivity contribution in [3.63, 3.8) is 0 Å². The third-order valence-electron chi connectivity index (χ3n) is 3.59. The van der Waals surface area contributed by atoms with Crippen LogP contribution < -0.4 is 10.1 Å². The van der Waals surface area contributed by atoms with Crippen LogP contribution in [0.3, 0.4) is 0 Å². The smallest absolute Gasteiger partial charge is 0.121 e. The fourth-order valence-corrected chi connectivity index (χ4v) is 2.62. The maximum absolute atomic E-state index is 5.30. The van der Waals surface area contributed by atoms with Gasteiger partial charge in [-0.05, 0) is 42.2 Å². The van der Waals surface area contributed by atoms with E-state index in [4.69, 9.17) is 4.74 Å². The average molecular weight is 239 g/mol. The fraction of sp³-hybridized carbons (Fsp3) is 0.250. The lowest BCUT2D eigenvalue weighted by molar-refractivity contribution is 0.411. The highest BCUT2D eigenvalue weighted by Crippen LogP contribution is 2.35. The lowest BCUT2D eigenvalue weighted by Gasteiger charge is -2.14. The molecule has 0 saturated heterocycles. The molecule has 2 aromatic rings. The van der Waals surface area contributed by atoms with Gasteiger partial charge in [0.1, 0.15) is 5.75 Å². The quantitative estimate of drug-likeness (QED) is 0.862. The average Bonchev–Trinajstić information content (AvgIpc) is 2.82. The van der Waals surface area contributed by atoms with Crippen molar-refractivity contribution < 1.29 is 4.74 Å². The largest absolute Gasteiger partial charge is 0.496 e. The summed E-state index contributed by atoms with van der Waals surface area (Å²) in [6.07, 6.45) is 1.06. The van der Waals surface area contributed by atoms with E-state index in [9.17, 15) is 0 Å². The summed E-state index contributed by atoms with van der Waals surface area (Å²) in [5.41, 5.74) is 5.17. The van der Waals surface area contributed by atoms with E-state index >= 15 is 0 Å². The van der Waals surface area contributed by atoms with Crippen LogP contribution in [0, 0.1) is 6.92 Å². The minimum Gasteiger partial charge on any atom is -0.496 e. The molecule has 0 aromatic heterocycles. The summed E-state index contributed by atoms with van der Waals surface area (Å²) in [6, 6.07) is 15.3. The number of anilines is 1. The van der Waals surface area contributed by atoms with E-state index in [1.807, 2.05) is 0 Å². The fourth-order valence-electron chi connectivity index (χ4n) is 2.62. The number of aryl methyl sites for hydroxylation is 1. The van der Waals surface area contributed by atoms with Crippen LogP contribution in [0.5, 0.6) is 5.75 Å². The van der Waals surface area contributed by atoms with Gasteiger partial charge in [0.05, 0.1) is 13.2 Å². The molecular formula is C16H17NO. The highest BCUT2D eigenvalue weighted by molar-refractivity contribution is 5.58. The van der Waals surface area contributed by atoms with Crippen molar-refractivity contribution in [3.05, 3.63) is 59.2 Å². The molecule has 0 spiro atoms. The van der Waals surface area contributed by atoms with Crippen LogP contribution in [0.4, 0.5) is 5.69 Å². The SMILES string of the molecule is COc1ccc(C2Cc3ccccc3N2)cc1C. The van der Waals surface area contributed by atoms with Gasteiger partial charge in [-0.3, -0.25) is 0 Å². The first-order chi connectivity index (χ1) is 8.78. The molecule has 0 radical (unpaired) electrons. The Kier molecular flexibility index (Phi) is 2.71. The van der Waals surface area contributed by atoms with Crippen LogP contribution in [-0.2, 0) is 6.42 Å². The van der Waals surface area contributed by atoms with Crippen molar-refractivity contribution in [2.45, 2.75) is 19.4 Å². The molecule has 3 rings (SSSR count). The third kappa shape index (κ3) is 1.84. The van der Waals surface area contributed by atoms with Crippen LogP contribution in [0.1, 0.15) is 22.7 Å². The minimum absolute atomic E-state index is 0.381. The minimum atomic E-state index is 0.381. The summed E-state index contributed by atoms with van der Waals surface area (Å²) < 4.78 is 5.30. The molecule has 2 aromatic carbocycles. The van der Waals surface area contributed by atoms with Gasteiger partial charge in [-0.25, -0.2) is 0 Å². The normalized spacial score (nSPS) is 17.1. The number of hydrogen-bond donors (Lipinski definition) is 1. The summed E-state index contributed by atoms with van der Waals surface area (Å²) in [4.78, 5) is 0. The number of hydrogen-bond acceptors (Lipinski definition) is 2. The van der Waals surface area contributed by atoms with Gasteiger partial charge < -0.3 is 10.1 Å². The molecule has 0 amide bonds. The molecule has 1 aliphatic rings. The predicted molar refractivity (Wildman–Crippen MR) is 74.2 cm³/mol. The number of fused-ring (bicyclic) bond motifs is 1. The molecule has 0 saturated carbocycles. The second-order valence-electron chi connectivity index (χ2n) is 4.79. The lowest BCUT2D eigenvalue weighted by atomic mass is 10.0.